The van der Waals surface area contributed by atoms with Crippen molar-refractivity contribution in [2.24, 2.45) is 5.92 Å². The zero-order chi connectivity index (χ0) is 13.7. The molecule has 1 N–H and O–H groups in total. The summed E-state index contributed by atoms with van der Waals surface area (Å²) in [6, 6.07) is 10.1. The smallest absolute Gasteiger partial charge is 0.144 e. The summed E-state index contributed by atoms with van der Waals surface area (Å²) >= 11 is 1.73. The van der Waals surface area contributed by atoms with Crippen LogP contribution in [0.1, 0.15) is 36.8 Å². The van der Waals surface area contributed by atoms with E-state index in [1.54, 1.807) is 29.7 Å². The zero-order valence-electron chi connectivity index (χ0n) is 11.1. The van der Waals surface area contributed by atoms with Crippen molar-refractivity contribution in [1.82, 2.24) is 4.98 Å². The van der Waals surface area contributed by atoms with Gasteiger partial charge in [0.05, 0.1) is 11.6 Å². The highest BCUT2D eigenvalue weighted by Gasteiger charge is 2.16. The van der Waals surface area contributed by atoms with Crippen LogP contribution in [0, 0.1) is 17.2 Å². The number of anilines is 1. The van der Waals surface area contributed by atoms with E-state index in [9.17, 15) is 0 Å². The second kappa shape index (κ2) is 6.35. The number of nitrogens with zero attached hydrogens (tertiary/aromatic N) is 2. The van der Waals surface area contributed by atoms with Crippen LogP contribution < -0.4 is 5.32 Å². The molecule has 2 aromatic heterocycles. The molecular formula is C15H17N3S. The Balaban J connectivity index is 2.23. The Kier molecular flexibility index (Phi) is 4.53. The van der Waals surface area contributed by atoms with E-state index in [0.29, 0.717) is 17.3 Å². The van der Waals surface area contributed by atoms with Crippen molar-refractivity contribution in [3.8, 4) is 6.07 Å². The van der Waals surface area contributed by atoms with Crippen LogP contribution in [0.5, 0.6) is 0 Å². The molecule has 0 bridgehead atoms. The number of aromatic nitrogens is 1. The summed E-state index contributed by atoms with van der Waals surface area (Å²) in [6.07, 6.45) is 2.73. The van der Waals surface area contributed by atoms with Gasteiger partial charge in [0.25, 0.3) is 0 Å². The van der Waals surface area contributed by atoms with E-state index < -0.39 is 0 Å². The molecule has 0 aliphatic rings. The lowest BCUT2D eigenvalue weighted by Gasteiger charge is -2.20. The predicted octanol–water partition coefficient (Wildman–Crippen LogP) is 4.21. The van der Waals surface area contributed by atoms with Gasteiger partial charge in [0.1, 0.15) is 11.9 Å². The SMILES string of the molecule is CC(C)CC(Nc1ncccc1C#N)c1cccs1. The molecule has 2 rings (SSSR count). The lowest BCUT2D eigenvalue weighted by molar-refractivity contribution is 0.534. The van der Waals surface area contributed by atoms with E-state index in [0.717, 1.165) is 6.42 Å². The topological polar surface area (TPSA) is 48.7 Å². The molecule has 2 aromatic rings. The Hall–Kier alpha value is -1.86. The minimum atomic E-state index is 0.210. The lowest BCUT2D eigenvalue weighted by Crippen LogP contribution is -2.13. The molecule has 3 nitrogen and oxygen atoms in total. The summed E-state index contributed by atoms with van der Waals surface area (Å²) in [5.41, 5.74) is 0.591. The van der Waals surface area contributed by atoms with Gasteiger partial charge in [-0.1, -0.05) is 19.9 Å². The highest BCUT2D eigenvalue weighted by molar-refractivity contribution is 7.10. The third-order valence-electron chi connectivity index (χ3n) is 2.83. The fourth-order valence-electron chi connectivity index (χ4n) is 1.98. The molecule has 98 valence electrons. The van der Waals surface area contributed by atoms with Crippen molar-refractivity contribution < 1.29 is 0 Å². The number of hydrogen-bond donors (Lipinski definition) is 1. The number of nitrogens with one attached hydrogen (secondary N) is 1. The van der Waals surface area contributed by atoms with Crippen molar-refractivity contribution >= 4 is 17.2 Å². The standard InChI is InChI=1S/C15H17N3S/c1-11(2)9-13(14-6-4-8-19-14)18-15-12(10-16)5-3-7-17-15/h3-8,11,13H,9H2,1-2H3,(H,17,18). The molecule has 1 atom stereocenters. The molecule has 0 spiro atoms. The highest BCUT2D eigenvalue weighted by atomic mass is 32.1. The molecule has 0 aliphatic carbocycles. The molecule has 0 fully saturated rings. The molecule has 19 heavy (non-hydrogen) atoms. The predicted molar refractivity (Wildman–Crippen MR) is 79.1 cm³/mol. The molecule has 0 saturated carbocycles. The molecule has 4 heteroatoms. The van der Waals surface area contributed by atoms with Crippen molar-refractivity contribution in [1.29, 1.82) is 5.26 Å². The largest absolute Gasteiger partial charge is 0.361 e. The van der Waals surface area contributed by atoms with E-state index in [1.807, 2.05) is 0 Å². The Morgan fingerprint density at radius 3 is 2.84 bits per heavy atom. The van der Waals surface area contributed by atoms with Gasteiger partial charge in [-0.3, -0.25) is 0 Å². The third kappa shape index (κ3) is 3.55. The summed E-state index contributed by atoms with van der Waals surface area (Å²) in [7, 11) is 0. The number of hydrogen-bond acceptors (Lipinski definition) is 4. The van der Waals surface area contributed by atoms with Crippen molar-refractivity contribution in [3.63, 3.8) is 0 Å². The van der Waals surface area contributed by atoms with E-state index in [1.165, 1.54) is 4.88 Å². The second-order valence-corrected chi connectivity index (χ2v) is 5.83. The molecule has 0 amide bonds. The van der Waals surface area contributed by atoms with E-state index in [2.05, 4.69) is 47.7 Å². The molecule has 1 unspecified atom stereocenters. The van der Waals surface area contributed by atoms with E-state index >= 15 is 0 Å². The molecule has 0 aliphatic heterocycles. The van der Waals surface area contributed by atoms with Crippen LogP contribution >= 0.6 is 11.3 Å². The summed E-state index contributed by atoms with van der Waals surface area (Å²) in [5.74, 6) is 1.25. The fourth-order valence-corrected chi connectivity index (χ4v) is 2.77. The maximum Gasteiger partial charge on any atom is 0.144 e. The Morgan fingerprint density at radius 1 is 1.37 bits per heavy atom. The van der Waals surface area contributed by atoms with Crippen LogP contribution in [0.4, 0.5) is 5.82 Å². The number of rotatable bonds is 5. The van der Waals surface area contributed by atoms with Crippen LogP contribution in [0.3, 0.4) is 0 Å². The van der Waals surface area contributed by atoms with Crippen molar-refractivity contribution in [2.45, 2.75) is 26.3 Å². The Morgan fingerprint density at radius 2 is 2.21 bits per heavy atom. The van der Waals surface area contributed by atoms with Gasteiger partial charge < -0.3 is 5.32 Å². The van der Waals surface area contributed by atoms with Gasteiger partial charge in [-0.2, -0.15) is 5.26 Å². The van der Waals surface area contributed by atoms with E-state index in [4.69, 9.17) is 5.26 Å². The first kappa shape index (κ1) is 13.6. The molecule has 0 aromatic carbocycles. The average molecular weight is 271 g/mol. The van der Waals surface area contributed by atoms with Gasteiger partial charge in [-0.25, -0.2) is 4.98 Å². The monoisotopic (exact) mass is 271 g/mol. The first-order chi connectivity index (χ1) is 9.20. The summed E-state index contributed by atoms with van der Waals surface area (Å²) in [5, 5.41) is 14.6. The Bertz CT molecular complexity index is 555. The normalized spacial score (nSPS) is 12.1. The van der Waals surface area contributed by atoms with Crippen LogP contribution in [0.2, 0.25) is 0 Å². The Labute approximate surface area is 117 Å². The van der Waals surface area contributed by atoms with Gasteiger partial charge in [0, 0.05) is 11.1 Å². The highest BCUT2D eigenvalue weighted by Crippen LogP contribution is 2.29. The van der Waals surface area contributed by atoms with Gasteiger partial charge in [-0.05, 0) is 35.9 Å². The van der Waals surface area contributed by atoms with Crippen LogP contribution in [0.15, 0.2) is 35.8 Å². The van der Waals surface area contributed by atoms with Gasteiger partial charge >= 0.3 is 0 Å². The maximum absolute atomic E-state index is 9.12. The number of thiophene rings is 1. The number of pyridine rings is 1. The fraction of sp³-hybridized carbons (Fsp3) is 0.333. The van der Waals surface area contributed by atoms with Crippen LogP contribution in [-0.4, -0.2) is 4.98 Å². The first-order valence-electron chi connectivity index (χ1n) is 6.35. The van der Waals surface area contributed by atoms with Gasteiger partial charge in [0.2, 0.25) is 0 Å². The first-order valence-corrected chi connectivity index (χ1v) is 7.23. The minimum absolute atomic E-state index is 0.210. The molecule has 0 radical (unpaired) electrons. The maximum atomic E-state index is 9.12. The quantitative estimate of drug-likeness (QED) is 0.886. The van der Waals surface area contributed by atoms with Gasteiger partial charge in [-0.15, -0.1) is 11.3 Å². The minimum Gasteiger partial charge on any atom is -0.361 e. The third-order valence-corrected chi connectivity index (χ3v) is 3.82. The summed E-state index contributed by atoms with van der Waals surface area (Å²) < 4.78 is 0. The van der Waals surface area contributed by atoms with Crippen molar-refractivity contribution in [3.05, 3.63) is 46.3 Å². The molecule has 2 heterocycles. The summed E-state index contributed by atoms with van der Waals surface area (Å²) in [6.45, 7) is 4.40. The average Bonchev–Trinajstić information content (AvgIpc) is 2.92. The lowest BCUT2D eigenvalue weighted by atomic mass is 10.0. The van der Waals surface area contributed by atoms with Gasteiger partial charge in [0.15, 0.2) is 0 Å². The summed E-state index contributed by atoms with van der Waals surface area (Å²) in [4.78, 5) is 5.56. The number of nitriles is 1. The van der Waals surface area contributed by atoms with Crippen LogP contribution in [0.25, 0.3) is 0 Å². The zero-order valence-corrected chi connectivity index (χ0v) is 11.9. The second-order valence-electron chi connectivity index (χ2n) is 4.85. The van der Waals surface area contributed by atoms with Crippen LogP contribution in [-0.2, 0) is 0 Å². The molecular weight excluding hydrogens is 254 g/mol. The molecule has 0 saturated heterocycles. The van der Waals surface area contributed by atoms with E-state index in [-0.39, 0.29) is 6.04 Å². The van der Waals surface area contributed by atoms with Crippen molar-refractivity contribution in [2.75, 3.05) is 5.32 Å².